The number of fused-ring (bicyclic) bond motifs is 2. The van der Waals surface area contributed by atoms with E-state index in [4.69, 9.17) is 0 Å². The summed E-state index contributed by atoms with van der Waals surface area (Å²) in [6.07, 6.45) is 6.08. The van der Waals surface area contributed by atoms with Crippen molar-refractivity contribution in [2.45, 2.75) is 65.8 Å². The number of thiophene rings is 2. The normalized spacial score (nSPS) is 17.2. The number of hydrogen-bond acceptors (Lipinski definition) is 4. The van der Waals surface area contributed by atoms with E-state index in [-0.39, 0.29) is 17.2 Å². The Kier molecular flexibility index (Phi) is 6.38. The minimum absolute atomic E-state index is 0.0799. The fourth-order valence-electron chi connectivity index (χ4n) is 5.21. The van der Waals surface area contributed by atoms with E-state index in [1.807, 2.05) is 35.7 Å². The van der Waals surface area contributed by atoms with Crippen LogP contribution in [0.3, 0.4) is 0 Å². The first-order valence-electron chi connectivity index (χ1n) is 12.2. The first kappa shape index (κ1) is 23.3. The molecule has 178 valence electrons. The van der Waals surface area contributed by atoms with Crippen LogP contribution in [0.15, 0.2) is 35.7 Å². The van der Waals surface area contributed by atoms with Crippen LogP contribution in [-0.2, 0) is 32.2 Å². The third kappa shape index (κ3) is 4.58. The third-order valence-electron chi connectivity index (χ3n) is 7.30. The minimum atomic E-state index is -0.0982. The van der Waals surface area contributed by atoms with Crippen LogP contribution in [-0.4, -0.2) is 11.8 Å². The van der Waals surface area contributed by atoms with Crippen molar-refractivity contribution in [3.05, 3.63) is 73.3 Å². The second-order valence-electron chi connectivity index (χ2n) is 10.5. The highest BCUT2D eigenvalue weighted by molar-refractivity contribution is 7.17. The molecule has 6 heteroatoms. The van der Waals surface area contributed by atoms with E-state index in [0.717, 1.165) is 55.2 Å². The largest absolute Gasteiger partial charge is 0.348 e. The number of amides is 2. The predicted octanol–water partition coefficient (Wildman–Crippen LogP) is 6.63. The van der Waals surface area contributed by atoms with Gasteiger partial charge in [0.05, 0.1) is 11.1 Å². The fourth-order valence-corrected chi connectivity index (χ4v) is 7.65. The number of nitrogens with one attached hydrogen (secondary N) is 2. The molecule has 0 fully saturated rings. The van der Waals surface area contributed by atoms with Crippen molar-refractivity contribution in [1.29, 1.82) is 0 Å². The highest BCUT2D eigenvalue weighted by Gasteiger charge is 2.33. The van der Waals surface area contributed by atoms with Crippen LogP contribution in [0.5, 0.6) is 0 Å². The second-order valence-corrected chi connectivity index (χ2v) is 12.6. The first-order valence-corrected chi connectivity index (χ1v) is 13.9. The van der Waals surface area contributed by atoms with E-state index in [9.17, 15) is 9.59 Å². The van der Waals surface area contributed by atoms with Crippen LogP contribution < -0.4 is 10.6 Å². The number of anilines is 1. The molecule has 5 rings (SSSR count). The molecule has 2 aliphatic carbocycles. The summed E-state index contributed by atoms with van der Waals surface area (Å²) in [6, 6.07) is 9.92. The van der Waals surface area contributed by atoms with Crippen LogP contribution in [0, 0.1) is 11.3 Å². The SMILES string of the molecule is CC(C)(C)[C@H]1CCc2c(C(=O)Nc3sc4c(c3C(=O)NCc3ccccc3)CCC4)csc2C1. The van der Waals surface area contributed by atoms with Gasteiger partial charge in [0.2, 0.25) is 0 Å². The molecule has 2 aromatic heterocycles. The Morgan fingerprint density at radius 1 is 1.00 bits per heavy atom. The summed E-state index contributed by atoms with van der Waals surface area (Å²) in [5.74, 6) is 0.470. The summed E-state index contributed by atoms with van der Waals surface area (Å²) >= 11 is 3.29. The highest BCUT2D eigenvalue weighted by Crippen LogP contribution is 2.42. The number of carbonyl (C=O) groups excluding carboxylic acids is 2. The smallest absolute Gasteiger partial charge is 0.257 e. The van der Waals surface area contributed by atoms with Gasteiger partial charge in [0, 0.05) is 21.7 Å². The molecule has 0 unspecified atom stereocenters. The molecule has 0 aliphatic heterocycles. The number of aryl methyl sites for hydroxylation is 1. The molecule has 0 radical (unpaired) electrons. The quantitative estimate of drug-likeness (QED) is 0.420. The van der Waals surface area contributed by atoms with E-state index >= 15 is 0 Å². The lowest BCUT2D eigenvalue weighted by atomic mass is 9.72. The van der Waals surface area contributed by atoms with Gasteiger partial charge in [0.15, 0.2) is 0 Å². The zero-order chi connectivity index (χ0) is 23.9. The van der Waals surface area contributed by atoms with Crippen LogP contribution >= 0.6 is 22.7 Å². The van der Waals surface area contributed by atoms with Gasteiger partial charge in [-0.2, -0.15) is 0 Å². The maximum atomic E-state index is 13.4. The lowest BCUT2D eigenvalue weighted by Crippen LogP contribution is -2.27. The molecule has 1 atom stereocenters. The maximum Gasteiger partial charge on any atom is 0.257 e. The topological polar surface area (TPSA) is 58.2 Å². The van der Waals surface area contributed by atoms with Gasteiger partial charge in [-0.1, -0.05) is 51.1 Å². The van der Waals surface area contributed by atoms with E-state index in [0.29, 0.717) is 23.0 Å². The van der Waals surface area contributed by atoms with Gasteiger partial charge in [-0.25, -0.2) is 0 Å². The van der Waals surface area contributed by atoms with Gasteiger partial charge in [-0.05, 0) is 66.5 Å². The van der Waals surface area contributed by atoms with Crippen molar-refractivity contribution in [1.82, 2.24) is 5.32 Å². The van der Waals surface area contributed by atoms with Crippen molar-refractivity contribution in [3.8, 4) is 0 Å². The van der Waals surface area contributed by atoms with Crippen LogP contribution in [0.4, 0.5) is 5.00 Å². The molecule has 0 bridgehead atoms. The Morgan fingerprint density at radius 3 is 2.56 bits per heavy atom. The molecular weight excluding hydrogens is 460 g/mol. The van der Waals surface area contributed by atoms with Gasteiger partial charge in [0.25, 0.3) is 11.8 Å². The summed E-state index contributed by atoms with van der Waals surface area (Å²) in [5.41, 5.74) is 5.12. The molecule has 0 saturated heterocycles. The van der Waals surface area contributed by atoms with Gasteiger partial charge in [-0.15, -0.1) is 22.7 Å². The summed E-state index contributed by atoms with van der Waals surface area (Å²) in [5, 5.41) is 8.92. The van der Waals surface area contributed by atoms with E-state index in [2.05, 4.69) is 31.4 Å². The molecule has 2 N–H and O–H groups in total. The zero-order valence-corrected chi connectivity index (χ0v) is 21.8. The van der Waals surface area contributed by atoms with Crippen molar-refractivity contribution in [2.24, 2.45) is 11.3 Å². The summed E-state index contributed by atoms with van der Waals surface area (Å²) in [7, 11) is 0. The van der Waals surface area contributed by atoms with Crippen LogP contribution in [0.1, 0.15) is 80.8 Å². The minimum Gasteiger partial charge on any atom is -0.348 e. The summed E-state index contributed by atoms with van der Waals surface area (Å²) in [4.78, 5) is 29.2. The average Bonchev–Trinajstić information content (AvgIpc) is 3.51. The van der Waals surface area contributed by atoms with E-state index < -0.39 is 0 Å². The Morgan fingerprint density at radius 2 is 1.79 bits per heavy atom. The van der Waals surface area contributed by atoms with Crippen molar-refractivity contribution in [2.75, 3.05) is 5.32 Å². The molecule has 0 saturated carbocycles. The van der Waals surface area contributed by atoms with Crippen molar-refractivity contribution in [3.63, 3.8) is 0 Å². The Hall–Kier alpha value is -2.44. The Bertz CT molecular complexity index is 1220. The van der Waals surface area contributed by atoms with E-state index in [1.54, 1.807) is 22.7 Å². The Balaban J connectivity index is 1.35. The lowest BCUT2D eigenvalue weighted by Gasteiger charge is -2.34. The molecule has 2 amide bonds. The summed E-state index contributed by atoms with van der Waals surface area (Å²) < 4.78 is 0. The molecule has 4 nitrogen and oxygen atoms in total. The standard InChI is InChI=1S/C28H32N2O2S2/c1-28(2,3)18-12-13-19-21(16-33-23(19)14-18)25(31)30-27-24(20-10-7-11-22(20)34-27)26(32)29-15-17-8-5-4-6-9-17/h4-6,8-9,16,18H,7,10-15H2,1-3H3,(H,29,32)(H,30,31)/t18-/m0/s1. The second kappa shape index (κ2) is 9.31. The van der Waals surface area contributed by atoms with Gasteiger partial charge in [0.1, 0.15) is 5.00 Å². The van der Waals surface area contributed by atoms with Crippen LogP contribution in [0.25, 0.3) is 0 Å². The average molecular weight is 493 g/mol. The first-order chi connectivity index (χ1) is 16.3. The molecule has 0 spiro atoms. The molecule has 2 aliphatic rings. The van der Waals surface area contributed by atoms with E-state index in [1.165, 1.54) is 15.3 Å². The fraction of sp³-hybridized carbons (Fsp3) is 0.429. The van der Waals surface area contributed by atoms with Crippen molar-refractivity contribution >= 4 is 39.5 Å². The number of rotatable bonds is 5. The van der Waals surface area contributed by atoms with Crippen LogP contribution in [0.2, 0.25) is 0 Å². The van der Waals surface area contributed by atoms with Crippen molar-refractivity contribution < 1.29 is 9.59 Å². The number of hydrogen-bond donors (Lipinski definition) is 2. The lowest BCUT2D eigenvalue weighted by molar-refractivity contribution is 0.0951. The molecule has 34 heavy (non-hydrogen) atoms. The predicted molar refractivity (Wildman–Crippen MR) is 141 cm³/mol. The maximum absolute atomic E-state index is 13.4. The third-order valence-corrected chi connectivity index (χ3v) is 9.55. The number of carbonyl (C=O) groups is 2. The highest BCUT2D eigenvalue weighted by atomic mass is 32.1. The van der Waals surface area contributed by atoms with Gasteiger partial charge >= 0.3 is 0 Å². The molecule has 3 aromatic rings. The summed E-state index contributed by atoms with van der Waals surface area (Å²) in [6.45, 7) is 7.41. The monoisotopic (exact) mass is 492 g/mol. The van der Waals surface area contributed by atoms with Gasteiger partial charge < -0.3 is 10.6 Å². The zero-order valence-electron chi connectivity index (χ0n) is 20.1. The molecular formula is C28H32N2O2S2. The number of benzene rings is 1. The molecule has 1 aromatic carbocycles. The molecule has 2 heterocycles. The van der Waals surface area contributed by atoms with Gasteiger partial charge in [-0.3, -0.25) is 9.59 Å². The Labute approximate surface area is 209 Å².